The van der Waals surface area contributed by atoms with Crippen molar-refractivity contribution in [3.63, 3.8) is 0 Å². The second-order valence-corrected chi connectivity index (χ2v) is 3.93. The van der Waals surface area contributed by atoms with Crippen molar-refractivity contribution in [2.75, 3.05) is 0 Å². The molecular weight excluding hydrogens is 185 g/mol. The summed E-state index contributed by atoms with van der Waals surface area (Å²) in [7, 11) is -5.67. The molecule has 0 heterocycles. The molecule has 0 aliphatic heterocycles. The molecule has 58 valence electrons. The Morgan fingerprint density at radius 1 is 1.20 bits per heavy atom. The Hall–Kier alpha value is 0.325. The fraction of sp³-hybridized carbons (Fsp3) is 0. The highest BCUT2D eigenvalue weighted by Gasteiger charge is 2.29. The lowest BCUT2D eigenvalue weighted by Crippen LogP contribution is -1.89. The van der Waals surface area contributed by atoms with Crippen molar-refractivity contribution in [3.05, 3.63) is 0 Å². The van der Waals surface area contributed by atoms with E-state index in [1.54, 1.807) is 0 Å². The summed E-state index contributed by atoms with van der Waals surface area (Å²) in [6, 6.07) is 0. The Labute approximate surface area is 57.3 Å². The van der Waals surface area contributed by atoms with E-state index < -0.39 is 15.6 Å². The van der Waals surface area contributed by atoms with Gasteiger partial charge in [-0.1, -0.05) is 0 Å². The molecule has 2 radical (unpaired) electrons. The Bertz CT molecular complexity index is 190. The lowest BCUT2D eigenvalue weighted by atomic mass is 10.6. The SMILES string of the molecule is [B]OP(=O)(O)OP(=O)(O)O. The minimum atomic E-state index is -5.02. The first-order chi connectivity index (χ1) is 4.27. The molecule has 0 amide bonds. The van der Waals surface area contributed by atoms with Crippen molar-refractivity contribution in [1.29, 1.82) is 0 Å². The van der Waals surface area contributed by atoms with Gasteiger partial charge in [-0.3, -0.25) is 0 Å². The lowest BCUT2D eigenvalue weighted by Gasteiger charge is -2.08. The third-order valence-corrected chi connectivity index (χ3v) is 2.29. The maximum absolute atomic E-state index is 10.1. The first-order valence-corrected chi connectivity index (χ1v) is 4.77. The second kappa shape index (κ2) is 3.15. The molecule has 0 aliphatic carbocycles. The Balaban J connectivity index is 4.17. The third-order valence-electron chi connectivity index (χ3n) is 0.343. The van der Waals surface area contributed by atoms with E-state index >= 15 is 0 Å². The summed E-state index contributed by atoms with van der Waals surface area (Å²) < 4.78 is 26.3. The van der Waals surface area contributed by atoms with E-state index in [0.29, 0.717) is 0 Å². The standard InChI is InChI=1S/BH3O7P2/c1-7-10(5,6)8-9(2,3)4/h(H,5,6)(H2,2,3,4). The number of phosphoric acid groups is 2. The summed E-state index contributed by atoms with van der Waals surface area (Å²) >= 11 is 0. The van der Waals surface area contributed by atoms with Gasteiger partial charge in [0, 0.05) is 0 Å². The van der Waals surface area contributed by atoms with Crippen LogP contribution in [-0.2, 0) is 17.9 Å². The van der Waals surface area contributed by atoms with Crippen LogP contribution in [0.5, 0.6) is 0 Å². The summed E-state index contributed by atoms with van der Waals surface area (Å²) in [4.78, 5) is 24.0. The maximum Gasteiger partial charge on any atom is 0.478 e. The summed E-state index contributed by atoms with van der Waals surface area (Å²) in [6.07, 6.45) is 0. The van der Waals surface area contributed by atoms with Crippen LogP contribution in [0.2, 0.25) is 0 Å². The summed E-state index contributed by atoms with van der Waals surface area (Å²) in [5.41, 5.74) is 0. The van der Waals surface area contributed by atoms with E-state index in [1.807, 2.05) is 0 Å². The van der Waals surface area contributed by atoms with Gasteiger partial charge in [0.2, 0.25) is 0 Å². The maximum atomic E-state index is 10.1. The van der Waals surface area contributed by atoms with Gasteiger partial charge in [-0.2, -0.15) is 4.31 Å². The summed E-state index contributed by atoms with van der Waals surface area (Å²) in [6.45, 7) is 0. The third kappa shape index (κ3) is 5.14. The predicted molar refractivity (Wildman–Crippen MR) is 29.8 cm³/mol. The molecule has 0 aromatic carbocycles. The Morgan fingerprint density at radius 3 is 1.70 bits per heavy atom. The molecule has 0 rings (SSSR count). The van der Waals surface area contributed by atoms with Gasteiger partial charge in [0.25, 0.3) is 8.05 Å². The highest BCUT2D eigenvalue weighted by molar-refractivity contribution is 7.61. The average Bonchev–Trinajstić information content (AvgIpc) is 1.60. The zero-order chi connectivity index (χ0) is 8.41. The van der Waals surface area contributed by atoms with Crippen LogP contribution in [0, 0.1) is 0 Å². The topological polar surface area (TPSA) is 113 Å². The molecule has 0 bridgehead atoms. The molecule has 0 aromatic heterocycles. The van der Waals surface area contributed by atoms with Gasteiger partial charge in [-0.15, -0.1) is 0 Å². The minimum Gasteiger partial charge on any atom is -0.362 e. The molecule has 0 spiro atoms. The van der Waals surface area contributed by atoms with Crippen molar-refractivity contribution >= 4 is 23.7 Å². The van der Waals surface area contributed by atoms with Gasteiger partial charge in [-0.25, -0.2) is 9.13 Å². The van der Waals surface area contributed by atoms with Crippen LogP contribution in [0.3, 0.4) is 0 Å². The monoisotopic (exact) mass is 188 g/mol. The van der Waals surface area contributed by atoms with Crippen molar-refractivity contribution in [3.8, 4) is 0 Å². The minimum absolute atomic E-state index is 3.20. The van der Waals surface area contributed by atoms with Gasteiger partial charge in [0.05, 0.1) is 0 Å². The molecular formula is H3BO7P2. The first kappa shape index (κ1) is 10.3. The molecule has 0 aliphatic rings. The molecule has 1 unspecified atom stereocenters. The van der Waals surface area contributed by atoms with Crippen LogP contribution in [0.25, 0.3) is 0 Å². The van der Waals surface area contributed by atoms with E-state index in [4.69, 9.17) is 14.7 Å². The van der Waals surface area contributed by atoms with Crippen molar-refractivity contribution in [2.45, 2.75) is 0 Å². The zero-order valence-corrected chi connectivity index (χ0v) is 6.24. The first-order valence-electron chi connectivity index (χ1n) is 1.75. The molecule has 0 saturated carbocycles. The number of hydrogen-bond donors (Lipinski definition) is 3. The molecule has 0 fully saturated rings. The molecule has 7 nitrogen and oxygen atoms in total. The van der Waals surface area contributed by atoms with Crippen LogP contribution in [0.1, 0.15) is 0 Å². The van der Waals surface area contributed by atoms with E-state index in [0.717, 1.165) is 0 Å². The molecule has 1 atom stereocenters. The van der Waals surface area contributed by atoms with Gasteiger partial charge >= 0.3 is 15.6 Å². The van der Waals surface area contributed by atoms with Crippen LogP contribution in [0.4, 0.5) is 0 Å². The van der Waals surface area contributed by atoms with Gasteiger partial charge in [0.1, 0.15) is 0 Å². The zero-order valence-electron chi connectivity index (χ0n) is 4.45. The van der Waals surface area contributed by atoms with Crippen molar-refractivity contribution < 1.29 is 32.6 Å². The highest BCUT2D eigenvalue weighted by atomic mass is 31.3. The second-order valence-electron chi connectivity index (χ2n) is 1.15. The van der Waals surface area contributed by atoms with Gasteiger partial charge < -0.3 is 19.1 Å². The van der Waals surface area contributed by atoms with Crippen molar-refractivity contribution in [2.24, 2.45) is 0 Å². The van der Waals surface area contributed by atoms with Crippen LogP contribution < -0.4 is 0 Å². The van der Waals surface area contributed by atoms with Gasteiger partial charge in [0.15, 0.2) is 0 Å². The fourth-order valence-corrected chi connectivity index (χ4v) is 1.38. The van der Waals surface area contributed by atoms with E-state index in [-0.39, 0.29) is 0 Å². The Morgan fingerprint density at radius 2 is 1.60 bits per heavy atom. The Kier molecular flexibility index (Phi) is 3.25. The molecule has 10 heteroatoms. The van der Waals surface area contributed by atoms with E-state index in [9.17, 15) is 9.13 Å². The number of rotatable bonds is 3. The molecule has 0 aromatic rings. The highest BCUT2D eigenvalue weighted by Crippen LogP contribution is 2.56. The van der Waals surface area contributed by atoms with Crippen molar-refractivity contribution in [1.82, 2.24) is 0 Å². The van der Waals surface area contributed by atoms with Crippen LogP contribution >= 0.6 is 15.6 Å². The predicted octanol–water partition coefficient (Wildman–Crippen LogP) is -0.704. The quantitative estimate of drug-likeness (QED) is 0.396. The van der Waals surface area contributed by atoms with E-state index in [2.05, 4.69) is 16.8 Å². The average molecular weight is 188 g/mol. The normalized spacial score (nSPS) is 18.3. The number of hydrogen-bond acceptors (Lipinski definition) is 4. The van der Waals surface area contributed by atoms with E-state index in [1.165, 1.54) is 0 Å². The van der Waals surface area contributed by atoms with Gasteiger partial charge in [-0.05, 0) is 0 Å². The molecule has 0 saturated heterocycles. The lowest BCUT2D eigenvalue weighted by molar-refractivity contribution is 0.233. The van der Waals surface area contributed by atoms with Crippen LogP contribution in [0.15, 0.2) is 0 Å². The fourth-order valence-electron chi connectivity index (χ4n) is 0.154. The molecule has 10 heavy (non-hydrogen) atoms. The smallest absolute Gasteiger partial charge is 0.362 e. The largest absolute Gasteiger partial charge is 0.478 e. The summed E-state index contributed by atoms with van der Waals surface area (Å²) in [5, 5.41) is 0. The summed E-state index contributed by atoms with van der Waals surface area (Å²) in [5.74, 6) is 0. The molecule has 3 N–H and O–H groups in total. The van der Waals surface area contributed by atoms with Crippen LogP contribution in [-0.4, -0.2) is 22.7 Å².